The molecule has 2 fully saturated rings. The molecular weight excluding hydrogens is 432 g/mol. The summed E-state index contributed by atoms with van der Waals surface area (Å²) in [6.07, 6.45) is 0. The molecule has 32 heavy (non-hydrogen) atoms. The second-order valence-electron chi connectivity index (χ2n) is 8.17. The molecule has 2 aromatic rings. The maximum Gasteiger partial charge on any atom is 0.295 e. The number of morpholine rings is 1. The molecule has 0 radical (unpaired) electrons. The monoisotopic (exact) mass is 458 g/mol. The number of nitrogens with zero attached hydrogens (tertiary/aromatic N) is 4. The number of Topliss-reactive ketones (excluding diaryl/α,β-unsaturated/α-hetero) is 1. The number of benzene rings is 1. The minimum Gasteiger partial charge on any atom is -0.507 e. The van der Waals surface area contributed by atoms with Gasteiger partial charge in [0.25, 0.3) is 11.7 Å². The van der Waals surface area contributed by atoms with E-state index in [0.717, 1.165) is 13.1 Å². The molecule has 2 aliphatic heterocycles. The summed E-state index contributed by atoms with van der Waals surface area (Å²) in [7, 11) is 1.77. The Hall–Kier alpha value is -2.68. The van der Waals surface area contributed by atoms with Crippen molar-refractivity contribution >= 4 is 29.1 Å². The maximum atomic E-state index is 13.2. The van der Waals surface area contributed by atoms with Gasteiger partial charge in [0, 0.05) is 43.9 Å². The molecule has 0 saturated carbocycles. The Labute approximate surface area is 192 Å². The molecule has 9 heteroatoms. The second-order valence-corrected chi connectivity index (χ2v) is 8.61. The highest BCUT2D eigenvalue weighted by atomic mass is 35.5. The Morgan fingerprint density at radius 3 is 2.56 bits per heavy atom. The van der Waals surface area contributed by atoms with Crippen LogP contribution >= 0.6 is 11.6 Å². The number of carbonyl (C=O) groups is 2. The van der Waals surface area contributed by atoms with Gasteiger partial charge < -0.3 is 14.7 Å². The molecule has 1 aromatic heterocycles. The number of hydrogen-bond acceptors (Lipinski definition) is 6. The molecule has 3 heterocycles. The molecule has 0 spiro atoms. The maximum absolute atomic E-state index is 13.2. The number of aliphatic hydroxyl groups is 1. The number of aliphatic hydroxyl groups excluding tert-OH is 1. The van der Waals surface area contributed by atoms with Gasteiger partial charge in [-0.25, -0.2) is 0 Å². The molecule has 0 unspecified atom stereocenters. The smallest absolute Gasteiger partial charge is 0.295 e. The second kappa shape index (κ2) is 9.05. The Morgan fingerprint density at radius 2 is 1.94 bits per heavy atom. The van der Waals surface area contributed by atoms with Gasteiger partial charge >= 0.3 is 0 Å². The molecular formula is C23H27ClN4O4. The Balaban J connectivity index is 1.79. The molecule has 8 nitrogen and oxygen atoms in total. The van der Waals surface area contributed by atoms with Crippen LogP contribution in [0.25, 0.3) is 5.76 Å². The molecule has 170 valence electrons. The van der Waals surface area contributed by atoms with Crippen molar-refractivity contribution in [2.24, 2.45) is 7.05 Å². The number of ketones is 1. The third kappa shape index (κ3) is 4.05. The average molecular weight is 459 g/mol. The van der Waals surface area contributed by atoms with Crippen molar-refractivity contribution in [1.29, 1.82) is 0 Å². The SMILES string of the molecule is Cc1nn(C)c(C)c1/C(O)=C1\C(=O)C(=O)N(CCN2CCOCC2)[C@@H]1c1cccc(Cl)c1. The van der Waals surface area contributed by atoms with E-state index in [1.54, 1.807) is 36.9 Å². The fraction of sp³-hybridized carbons (Fsp3) is 0.435. The molecule has 0 bridgehead atoms. The first-order valence-corrected chi connectivity index (χ1v) is 11.0. The molecule has 1 aromatic carbocycles. The summed E-state index contributed by atoms with van der Waals surface area (Å²) < 4.78 is 7.04. The number of amides is 1. The minimum atomic E-state index is -0.728. The lowest BCUT2D eigenvalue weighted by molar-refractivity contribution is -0.140. The van der Waals surface area contributed by atoms with Crippen molar-refractivity contribution in [2.75, 3.05) is 39.4 Å². The minimum absolute atomic E-state index is 0.0680. The zero-order chi connectivity index (χ0) is 23.0. The average Bonchev–Trinajstić information content (AvgIpc) is 3.18. The first-order valence-electron chi connectivity index (χ1n) is 10.6. The Morgan fingerprint density at radius 1 is 1.22 bits per heavy atom. The van der Waals surface area contributed by atoms with Gasteiger partial charge in [0.05, 0.1) is 36.1 Å². The predicted octanol–water partition coefficient (Wildman–Crippen LogP) is 2.44. The third-order valence-corrected chi connectivity index (χ3v) is 6.45. The molecule has 0 aliphatic carbocycles. The predicted molar refractivity (Wildman–Crippen MR) is 120 cm³/mol. The van der Waals surface area contributed by atoms with Crippen LogP contribution in [0, 0.1) is 13.8 Å². The van der Waals surface area contributed by atoms with Crippen LogP contribution in [0.4, 0.5) is 0 Å². The molecule has 2 saturated heterocycles. The molecule has 1 atom stereocenters. The Kier molecular flexibility index (Phi) is 6.37. The number of rotatable bonds is 5. The van der Waals surface area contributed by atoms with Crippen LogP contribution in [0.3, 0.4) is 0 Å². The van der Waals surface area contributed by atoms with Crippen LogP contribution in [0.5, 0.6) is 0 Å². The van der Waals surface area contributed by atoms with Gasteiger partial charge in [0.1, 0.15) is 5.76 Å². The summed E-state index contributed by atoms with van der Waals surface area (Å²) in [5.74, 6) is -1.52. The van der Waals surface area contributed by atoms with Gasteiger partial charge in [-0.05, 0) is 31.5 Å². The standard InChI is InChI=1S/C23H27ClN4O4/c1-14-18(15(2)26(3)25-14)21(29)19-20(16-5-4-6-17(24)13-16)28(23(31)22(19)30)8-7-27-9-11-32-12-10-27/h4-6,13,20,29H,7-12H2,1-3H3/b21-19+/t20-/m1/s1. The summed E-state index contributed by atoms with van der Waals surface area (Å²) >= 11 is 6.24. The van der Waals surface area contributed by atoms with Crippen LogP contribution in [0.2, 0.25) is 5.02 Å². The van der Waals surface area contributed by atoms with Gasteiger partial charge in [-0.15, -0.1) is 0 Å². The van der Waals surface area contributed by atoms with E-state index in [2.05, 4.69) is 10.00 Å². The highest BCUT2D eigenvalue weighted by molar-refractivity contribution is 6.46. The van der Waals surface area contributed by atoms with Crippen molar-refractivity contribution in [1.82, 2.24) is 19.6 Å². The highest BCUT2D eigenvalue weighted by Gasteiger charge is 2.46. The molecule has 4 rings (SSSR count). The van der Waals surface area contributed by atoms with Crippen LogP contribution in [0.1, 0.15) is 28.6 Å². The number of ether oxygens (including phenoxy) is 1. The quantitative estimate of drug-likeness (QED) is 0.420. The first kappa shape index (κ1) is 22.5. The number of halogens is 1. The summed E-state index contributed by atoms with van der Waals surface area (Å²) in [6.45, 7) is 7.40. The van der Waals surface area contributed by atoms with Crippen molar-refractivity contribution < 1.29 is 19.4 Å². The van der Waals surface area contributed by atoms with E-state index in [1.807, 2.05) is 13.0 Å². The van der Waals surface area contributed by atoms with Crippen LogP contribution < -0.4 is 0 Å². The fourth-order valence-electron chi connectivity index (χ4n) is 4.46. The van der Waals surface area contributed by atoms with Gasteiger partial charge in [-0.2, -0.15) is 5.10 Å². The lowest BCUT2D eigenvalue weighted by atomic mass is 9.94. The van der Waals surface area contributed by atoms with E-state index in [0.29, 0.717) is 53.8 Å². The first-order chi connectivity index (χ1) is 15.3. The molecule has 1 N–H and O–H groups in total. The van der Waals surface area contributed by atoms with E-state index in [1.165, 1.54) is 4.90 Å². The van der Waals surface area contributed by atoms with Gasteiger partial charge in [0.15, 0.2) is 0 Å². The molecule has 2 aliphatic rings. The number of carbonyl (C=O) groups excluding carboxylic acids is 2. The summed E-state index contributed by atoms with van der Waals surface area (Å²) in [5, 5.41) is 16.1. The van der Waals surface area contributed by atoms with Crippen molar-refractivity contribution in [3.8, 4) is 0 Å². The van der Waals surface area contributed by atoms with E-state index < -0.39 is 17.7 Å². The summed E-state index contributed by atoms with van der Waals surface area (Å²) in [5.41, 5.74) is 2.53. The largest absolute Gasteiger partial charge is 0.507 e. The summed E-state index contributed by atoms with van der Waals surface area (Å²) in [6, 6.07) is 6.34. The normalized spacial score (nSPS) is 21.5. The molecule has 1 amide bonds. The van der Waals surface area contributed by atoms with Gasteiger partial charge in [-0.1, -0.05) is 23.7 Å². The van der Waals surface area contributed by atoms with E-state index in [9.17, 15) is 14.7 Å². The van der Waals surface area contributed by atoms with Crippen molar-refractivity contribution in [2.45, 2.75) is 19.9 Å². The zero-order valence-electron chi connectivity index (χ0n) is 18.5. The van der Waals surface area contributed by atoms with Crippen LogP contribution in [0.15, 0.2) is 29.8 Å². The van der Waals surface area contributed by atoms with Gasteiger partial charge in [0.2, 0.25) is 0 Å². The lowest BCUT2D eigenvalue weighted by Crippen LogP contribution is -2.42. The number of hydrogen-bond donors (Lipinski definition) is 1. The summed E-state index contributed by atoms with van der Waals surface area (Å²) in [4.78, 5) is 30.0. The highest BCUT2D eigenvalue weighted by Crippen LogP contribution is 2.40. The van der Waals surface area contributed by atoms with Crippen molar-refractivity contribution in [3.05, 3.63) is 57.4 Å². The van der Waals surface area contributed by atoms with E-state index >= 15 is 0 Å². The Bertz CT molecular complexity index is 1090. The van der Waals surface area contributed by atoms with Crippen LogP contribution in [-0.2, 0) is 21.4 Å². The number of aromatic nitrogens is 2. The topological polar surface area (TPSA) is 87.9 Å². The van der Waals surface area contributed by atoms with Crippen molar-refractivity contribution in [3.63, 3.8) is 0 Å². The lowest BCUT2D eigenvalue weighted by Gasteiger charge is -2.31. The number of aryl methyl sites for hydroxylation is 2. The third-order valence-electron chi connectivity index (χ3n) is 6.21. The van der Waals surface area contributed by atoms with E-state index in [-0.39, 0.29) is 11.3 Å². The van der Waals surface area contributed by atoms with Crippen LogP contribution in [-0.4, -0.2) is 75.8 Å². The van der Waals surface area contributed by atoms with Gasteiger partial charge in [-0.3, -0.25) is 19.2 Å². The van der Waals surface area contributed by atoms with E-state index in [4.69, 9.17) is 16.3 Å². The zero-order valence-corrected chi connectivity index (χ0v) is 19.2. The number of likely N-dealkylation sites (tertiary alicyclic amines) is 1. The fourth-order valence-corrected chi connectivity index (χ4v) is 4.66.